The molecule has 0 unspecified atom stereocenters. The van der Waals surface area contributed by atoms with Crippen LogP contribution in [0.2, 0.25) is 0 Å². The maximum Gasteiger partial charge on any atom is 0.267 e. The highest BCUT2D eigenvalue weighted by molar-refractivity contribution is 5.89. The number of amides is 1. The Morgan fingerprint density at radius 3 is 2.96 bits per heavy atom. The van der Waals surface area contributed by atoms with E-state index in [1.54, 1.807) is 13.1 Å². The van der Waals surface area contributed by atoms with E-state index >= 15 is 0 Å². The molecular formula is C17H17F2N5O. The number of aromatic amines is 2. The Balaban J connectivity index is 1.61. The number of hydrogen-bond donors (Lipinski definition) is 2. The van der Waals surface area contributed by atoms with E-state index in [2.05, 4.69) is 20.2 Å². The molecule has 1 aliphatic heterocycles. The third kappa shape index (κ3) is 2.88. The van der Waals surface area contributed by atoms with E-state index in [0.717, 1.165) is 16.5 Å². The number of nitrogens with zero attached hydrogens (tertiary/aromatic N) is 3. The van der Waals surface area contributed by atoms with Crippen molar-refractivity contribution in [3.8, 4) is 0 Å². The Morgan fingerprint density at radius 2 is 2.20 bits per heavy atom. The van der Waals surface area contributed by atoms with E-state index in [0.29, 0.717) is 5.82 Å². The minimum absolute atomic E-state index is 0.0556. The number of fused-ring (bicyclic) bond motifs is 1. The minimum atomic E-state index is -2.94. The van der Waals surface area contributed by atoms with Gasteiger partial charge in [0.1, 0.15) is 5.82 Å². The first-order valence-corrected chi connectivity index (χ1v) is 8.04. The number of alkyl halides is 2. The predicted molar refractivity (Wildman–Crippen MR) is 87.1 cm³/mol. The van der Waals surface area contributed by atoms with Gasteiger partial charge in [-0.3, -0.25) is 9.89 Å². The zero-order chi connectivity index (χ0) is 17.6. The summed E-state index contributed by atoms with van der Waals surface area (Å²) >= 11 is 0. The van der Waals surface area contributed by atoms with E-state index in [1.807, 2.05) is 24.3 Å². The van der Waals surface area contributed by atoms with Gasteiger partial charge in [-0.2, -0.15) is 5.10 Å². The second kappa shape index (κ2) is 5.65. The molecule has 130 valence electrons. The molecular weight excluding hydrogens is 328 g/mol. The molecule has 25 heavy (non-hydrogen) atoms. The van der Waals surface area contributed by atoms with Gasteiger partial charge in [0, 0.05) is 23.5 Å². The molecule has 3 aromatic rings. The van der Waals surface area contributed by atoms with Crippen molar-refractivity contribution in [2.24, 2.45) is 0 Å². The van der Waals surface area contributed by atoms with E-state index in [9.17, 15) is 13.6 Å². The fourth-order valence-electron chi connectivity index (χ4n) is 3.36. The molecule has 4 rings (SSSR count). The number of benzene rings is 1. The summed E-state index contributed by atoms with van der Waals surface area (Å²) in [6.07, 6.45) is 1.35. The minimum Gasteiger partial charge on any atom is -0.361 e. The van der Waals surface area contributed by atoms with Gasteiger partial charge in [-0.1, -0.05) is 18.2 Å². The zero-order valence-electron chi connectivity index (χ0n) is 13.6. The molecule has 0 saturated carbocycles. The van der Waals surface area contributed by atoms with Crippen molar-refractivity contribution in [3.63, 3.8) is 0 Å². The van der Waals surface area contributed by atoms with E-state index in [-0.39, 0.29) is 18.2 Å². The molecule has 0 aliphatic carbocycles. The molecule has 0 bridgehead atoms. The van der Waals surface area contributed by atoms with Crippen LogP contribution >= 0.6 is 0 Å². The number of carbonyl (C=O) groups excluding carboxylic acids is 1. The Bertz CT molecular complexity index is 932. The second-order valence-electron chi connectivity index (χ2n) is 6.41. The van der Waals surface area contributed by atoms with Gasteiger partial charge >= 0.3 is 0 Å². The fourth-order valence-corrected chi connectivity index (χ4v) is 3.36. The second-order valence-corrected chi connectivity index (χ2v) is 6.41. The topological polar surface area (TPSA) is 77.7 Å². The summed E-state index contributed by atoms with van der Waals surface area (Å²) in [5, 5.41) is 7.55. The van der Waals surface area contributed by atoms with Crippen molar-refractivity contribution in [1.82, 2.24) is 25.1 Å². The summed E-state index contributed by atoms with van der Waals surface area (Å²) in [6.45, 7) is 1.09. The van der Waals surface area contributed by atoms with Gasteiger partial charge in [-0.15, -0.1) is 0 Å². The molecule has 6 nitrogen and oxygen atoms in total. The van der Waals surface area contributed by atoms with Gasteiger partial charge in [0.25, 0.3) is 5.92 Å². The molecule has 1 aromatic carbocycles. The van der Waals surface area contributed by atoms with Gasteiger partial charge in [-0.25, -0.2) is 13.8 Å². The monoisotopic (exact) mass is 345 g/mol. The van der Waals surface area contributed by atoms with Crippen molar-refractivity contribution in [2.75, 3.05) is 6.54 Å². The molecule has 1 amide bonds. The molecule has 3 heterocycles. The third-order valence-corrected chi connectivity index (χ3v) is 4.52. The van der Waals surface area contributed by atoms with Gasteiger partial charge in [0.05, 0.1) is 19.0 Å². The van der Waals surface area contributed by atoms with Crippen molar-refractivity contribution in [2.45, 2.75) is 31.7 Å². The van der Waals surface area contributed by atoms with Gasteiger partial charge in [0.15, 0.2) is 5.82 Å². The lowest BCUT2D eigenvalue weighted by molar-refractivity contribution is -0.132. The van der Waals surface area contributed by atoms with Crippen LogP contribution in [0.25, 0.3) is 10.9 Å². The number of rotatable bonds is 3. The first-order valence-electron chi connectivity index (χ1n) is 8.04. The largest absolute Gasteiger partial charge is 0.361 e. The maximum absolute atomic E-state index is 14.0. The molecule has 1 atom stereocenters. The van der Waals surface area contributed by atoms with E-state index < -0.39 is 24.9 Å². The normalized spacial score (nSPS) is 19.6. The third-order valence-electron chi connectivity index (χ3n) is 4.52. The number of para-hydroxylation sites is 1. The van der Waals surface area contributed by atoms with Crippen LogP contribution in [0.5, 0.6) is 0 Å². The van der Waals surface area contributed by atoms with Gasteiger partial charge in [0.2, 0.25) is 5.91 Å². The van der Waals surface area contributed by atoms with Crippen LogP contribution in [0.3, 0.4) is 0 Å². The molecule has 8 heteroatoms. The Labute approximate surface area is 142 Å². The van der Waals surface area contributed by atoms with Crippen LogP contribution in [-0.2, 0) is 11.2 Å². The summed E-state index contributed by atoms with van der Waals surface area (Å²) in [5.74, 6) is -2.51. The number of nitrogens with one attached hydrogen (secondary N) is 2. The number of likely N-dealkylation sites (tertiary alicyclic amines) is 1. The van der Waals surface area contributed by atoms with Crippen molar-refractivity contribution in [3.05, 3.63) is 47.7 Å². The molecule has 1 fully saturated rings. The molecule has 1 saturated heterocycles. The first-order chi connectivity index (χ1) is 11.9. The summed E-state index contributed by atoms with van der Waals surface area (Å²) in [5.41, 5.74) is 1.71. The van der Waals surface area contributed by atoms with Crippen LogP contribution < -0.4 is 0 Å². The highest BCUT2D eigenvalue weighted by atomic mass is 19.3. The number of carbonyl (C=O) groups is 1. The standard InChI is InChI=1S/C17H17F2N5O/c1-10-21-16(23-22-10)14-7-17(18,19)9-24(14)15(25)6-11-8-20-13-5-3-2-4-12(11)13/h2-5,8,14,20H,6-7,9H2,1H3,(H,21,22,23)/t14-/m0/s1. The van der Waals surface area contributed by atoms with Crippen LogP contribution in [0.4, 0.5) is 8.78 Å². The van der Waals surface area contributed by atoms with E-state index in [1.165, 1.54) is 4.90 Å². The predicted octanol–water partition coefficient (Wildman–Crippen LogP) is 2.75. The number of H-pyrrole nitrogens is 2. The number of aromatic nitrogens is 4. The lowest BCUT2D eigenvalue weighted by Gasteiger charge is -2.21. The zero-order valence-corrected chi connectivity index (χ0v) is 13.6. The van der Waals surface area contributed by atoms with Crippen molar-refractivity contribution >= 4 is 16.8 Å². The fraction of sp³-hybridized carbons (Fsp3) is 0.353. The van der Waals surface area contributed by atoms with Crippen LogP contribution in [0.15, 0.2) is 30.5 Å². The quantitative estimate of drug-likeness (QED) is 0.766. The molecule has 1 aliphatic rings. The first kappa shape index (κ1) is 15.7. The average molecular weight is 345 g/mol. The van der Waals surface area contributed by atoms with Crippen LogP contribution in [-0.4, -0.2) is 43.4 Å². The molecule has 0 spiro atoms. The highest BCUT2D eigenvalue weighted by Crippen LogP contribution is 2.40. The molecule has 2 aromatic heterocycles. The number of halogens is 2. The maximum atomic E-state index is 14.0. The van der Waals surface area contributed by atoms with Gasteiger partial charge < -0.3 is 9.88 Å². The Kier molecular flexibility index (Phi) is 3.55. The van der Waals surface area contributed by atoms with Crippen molar-refractivity contribution < 1.29 is 13.6 Å². The highest BCUT2D eigenvalue weighted by Gasteiger charge is 2.48. The summed E-state index contributed by atoms with van der Waals surface area (Å²) in [4.78, 5) is 21.2. The smallest absolute Gasteiger partial charge is 0.267 e. The Hall–Kier alpha value is -2.77. The average Bonchev–Trinajstić information content (AvgIpc) is 3.25. The van der Waals surface area contributed by atoms with Crippen LogP contribution in [0, 0.1) is 6.92 Å². The van der Waals surface area contributed by atoms with Crippen molar-refractivity contribution in [1.29, 1.82) is 0 Å². The summed E-state index contributed by atoms with van der Waals surface area (Å²) < 4.78 is 27.9. The number of hydrogen-bond acceptors (Lipinski definition) is 3. The van der Waals surface area contributed by atoms with Gasteiger partial charge in [-0.05, 0) is 18.6 Å². The van der Waals surface area contributed by atoms with E-state index in [4.69, 9.17) is 0 Å². The summed E-state index contributed by atoms with van der Waals surface area (Å²) in [6, 6.07) is 6.79. The lowest BCUT2D eigenvalue weighted by Crippen LogP contribution is -2.34. The number of aryl methyl sites for hydroxylation is 1. The summed E-state index contributed by atoms with van der Waals surface area (Å²) in [7, 11) is 0. The van der Waals surface area contributed by atoms with Crippen LogP contribution in [0.1, 0.15) is 29.7 Å². The Morgan fingerprint density at radius 1 is 1.40 bits per heavy atom. The lowest BCUT2D eigenvalue weighted by atomic mass is 10.1. The SMILES string of the molecule is Cc1nc([C@@H]2CC(F)(F)CN2C(=O)Cc2c[nH]c3ccccc23)n[nH]1. The molecule has 0 radical (unpaired) electrons. The molecule has 2 N–H and O–H groups in total.